The molecule has 0 aliphatic carbocycles. The van der Waals surface area contributed by atoms with Gasteiger partial charge in [0.25, 0.3) is 0 Å². The van der Waals surface area contributed by atoms with Crippen LogP contribution in [-0.4, -0.2) is 19.8 Å². The third-order valence-electron chi connectivity index (χ3n) is 1.35. The Bertz CT molecular complexity index is 397. The molecule has 0 aliphatic rings. The normalized spacial score (nSPS) is 11.5. The fourth-order valence-corrected chi connectivity index (χ4v) is 1.48. The van der Waals surface area contributed by atoms with E-state index in [1.54, 1.807) is 0 Å². The van der Waals surface area contributed by atoms with Gasteiger partial charge in [0, 0.05) is 12.3 Å². The third-order valence-corrected chi connectivity index (χ3v) is 2.78. The van der Waals surface area contributed by atoms with Crippen molar-refractivity contribution in [3.05, 3.63) is 23.2 Å². The maximum Gasteiger partial charge on any atom is 0.175 e. The lowest BCUT2D eigenvalue weighted by molar-refractivity contribution is 0.473. The third kappa shape index (κ3) is 1.89. The van der Waals surface area contributed by atoms with Crippen LogP contribution in [0.15, 0.2) is 23.1 Å². The molecule has 0 heterocycles. The van der Waals surface area contributed by atoms with Crippen molar-refractivity contribution in [2.24, 2.45) is 0 Å². The van der Waals surface area contributed by atoms with Crippen LogP contribution >= 0.6 is 11.6 Å². The van der Waals surface area contributed by atoms with Gasteiger partial charge in [0.15, 0.2) is 9.84 Å². The molecule has 1 N–H and O–H groups in total. The molecule has 0 amide bonds. The van der Waals surface area contributed by atoms with E-state index in [-0.39, 0.29) is 15.7 Å². The minimum absolute atomic E-state index is 0.0596. The first-order chi connectivity index (χ1) is 5.41. The highest BCUT2D eigenvalue weighted by atomic mass is 35.5. The van der Waals surface area contributed by atoms with Crippen LogP contribution in [0, 0.1) is 0 Å². The zero-order valence-corrected chi connectivity index (χ0v) is 7.85. The summed E-state index contributed by atoms with van der Waals surface area (Å²) in [5.41, 5.74) is 0. The smallest absolute Gasteiger partial charge is 0.175 e. The number of phenolic OH excluding ortho intramolecular Hbond substituents is 1. The van der Waals surface area contributed by atoms with Crippen molar-refractivity contribution >= 4 is 21.4 Å². The van der Waals surface area contributed by atoms with E-state index in [4.69, 9.17) is 16.7 Å². The summed E-state index contributed by atoms with van der Waals surface area (Å²) in [7, 11) is -3.26. The zero-order chi connectivity index (χ0) is 9.35. The number of rotatable bonds is 1. The molecule has 5 heteroatoms. The molecule has 0 fully saturated rings. The molecule has 0 atom stereocenters. The van der Waals surface area contributed by atoms with Crippen molar-refractivity contribution in [1.82, 2.24) is 0 Å². The minimum Gasteiger partial charge on any atom is -0.506 e. The summed E-state index contributed by atoms with van der Waals surface area (Å²) in [6.07, 6.45) is 1.07. The first kappa shape index (κ1) is 9.35. The van der Waals surface area contributed by atoms with Gasteiger partial charge in [0.05, 0.1) is 9.92 Å². The lowest BCUT2D eigenvalue weighted by Gasteiger charge is -1.99. The van der Waals surface area contributed by atoms with Crippen LogP contribution in [0.25, 0.3) is 0 Å². The van der Waals surface area contributed by atoms with Gasteiger partial charge >= 0.3 is 0 Å². The summed E-state index contributed by atoms with van der Waals surface area (Å²) >= 11 is 5.49. The number of aromatic hydroxyl groups is 1. The molecule has 0 aliphatic heterocycles. The summed E-state index contributed by atoms with van der Waals surface area (Å²) < 4.78 is 21.9. The number of hydrogen-bond donors (Lipinski definition) is 1. The lowest BCUT2D eigenvalue weighted by Crippen LogP contribution is -1.95. The predicted molar refractivity (Wildman–Crippen MR) is 46.2 cm³/mol. The first-order valence-corrected chi connectivity index (χ1v) is 5.37. The predicted octanol–water partition coefficient (Wildman–Crippen LogP) is 1.45. The van der Waals surface area contributed by atoms with E-state index in [0.717, 1.165) is 12.3 Å². The van der Waals surface area contributed by atoms with Crippen LogP contribution in [0.1, 0.15) is 0 Å². The number of sulfone groups is 1. The Morgan fingerprint density at radius 1 is 1.42 bits per heavy atom. The fourth-order valence-electron chi connectivity index (χ4n) is 0.723. The molecule has 1 aromatic carbocycles. The van der Waals surface area contributed by atoms with Crippen LogP contribution < -0.4 is 0 Å². The van der Waals surface area contributed by atoms with E-state index >= 15 is 0 Å². The number of benzene rings is 1. The molecule has 1 aromatic rings. The molecule has 0 bridgehead atoms. The summed E-state index contributed by atoms with van der Waals surface area (Å²) in [4.78, 5) is 0.0596. The van der Waals surface area contributed by atoms with Gasteiger partial charge in [-0.2, -0.15) is 0 Å². The molecular formula is C7H7ClO3S. The zero-order valence-electron chi connectivity index (χ0n) is 6.28. The van der Waals surface area contributed by atoms with Crippen molar-refractivity contribution < 1.29 is 13.5 Å². The molecule has 3 nitrogen and oxygen atoms in total. The van der Waals surface area contributed by atoms with Crippen LogP contribution in [0.5, 0.6) is 5.75 Å². The molecule has 0 radical (unpaired) electrons. The van der Waals surface area contributed by atoms with Gasteiger partial charge in [-0.1, -0.05) is 11.6 Å². The number of phenols is 1. The Labute approximate surface area is 75.5 Å². The SMILES string of the molecule is CS(=O)(=O)c1ccc(Cl)c(O)c1. The fraction of sp³-hybridized carbons (Fsp3) is 0.143. The van der Waals surface area contributed by atoms with Gasteiger partial charge in [-0.15, -0.1) is 0 Å². The van der Waals surface area contributed by atoms with Crippen molar-refractivity contribution in [2.75, 3.05) is 6.26 Å². The monoisotopic (exact) mass is 206 g/mol. The van der Waals surface area contributed by atoms with Crippen LogP contribution in [0.4, 0.5) is 0 Å². The maximum absolute atomic E-state index is 10.9. The first-order valence-electron chi connectivity index (χ1n) is 3.10. The van der Waals surface area contributed by atoms with Gasteiger partial charge in [-0.25, -0.2) is 8.42 Å². The second-order valence-corrected chi connectivity index (χ2v) is 4.81. The van der Waals surface area contributed by atoms with Gasteiger partial charge < -0.3 is 5.11 Å². The minimum atomic E-state index is -3.26. The average molecular weight is 207 g/mol. The highest BCUT2D eigenvalue weighted by Gasteiger charge is 2.08. The second-order valence-electron chi connectivity index (χ2n) is 2.39. The van der Waals surface area contributed by atoms with E-state index in [0.29, 0.717) is 0 Å². The molecular weight excluding hydrogens is 200 g/mol. The standard InChI is InChI=1S/C7H7ClO3S/c1-12(10,11)5-2-3-6(8)7(9)4-5/h2-4,9H,1H3. The van der Waals surface area contributed by atoms with Gasteiger partial charge in [0.2, 0.25) is 0 Å². The van der Waals surface area contributed by atoms with Gasteiger partial charge in [0.1, 0.15) is 5.75 Å². The Balaban J connectivity index is 3.33. The van der Waals surface area contributed by atoms with E-state index in [9.17, 15) is 8.42 Å². The molecule has 0 saturated carbocycles. The van der Waals surface area contributed by atoms with Crippen molar-refractivity contribution in [1.29, 1.82) is 0 Å². The van der Waals surface area contributed by atoms with E-state index in [1.165, 1.54) is 12.1 Å². The summed E-state index contributed by atoms with van der Waals surface area (Å²) in [6, 6.07) is 3.81. The number of hydrogen-bond acceptors (Lipinski definition) is 3. The van der Waals surface area contributed by atoms with E-state index in [1.807, 2.05) is 0 Å². The highest BCUT2D eigenvalue weighted by Crippen LogP contribution is 2.25. The highest BCUT2D eigenvalue weighted by molar-refractivity contribution is 7.90. The van der Waals surface area contributed by atoms with Gasteiger partial charge in [-0.05, 0) is 12.1 Å². The Morgan fingerprint density at radius 3 is 2.42 bits per heavy atom. The Hall–Kier alpha value is -0.740. The van der Waals surface area contributed by atoms with Crippen molar-refractivity contribution in [3.63, 3.8) is 0 Å². The Kier molecular flexibility index (Phi) is 2.30. The topological polar surface area (TPSA) is 54.4 Å². The molecule has 0 aromatic heterocycles. The van der Waals surface area contributed by atoms with Crippen molar-refractivity contribution in [2.45, 2.75) is 4.90 Å². The lowest BCUT2D eigenvalue weighted by atomic mass is 10.3. The largest absolute Gasteiger partial charge is 0.506 e. The van der Waals surface area contributed by atoms with Crippen molar-refractivity contribution in [3.8, 4) is 5.75 Å². The number of halogens is 1. The average Bonchev–Trinajstić information content (AvgIpc) is 1.92. The maximum atomic E-state index is 10.9. The molecule has 0 saturated heterocycles. The quantitative estimate of drug-likeness (QED) is 0.757. The van der Waals surface area contributed by atoms with Gasteiger partial charge in [-0.3, -0.25) is 0 Å². The molecule has 66 valence electrons. The molecule has 12 heavy (non-hydrogen) atoms. The molecule has 1 rings (SSSR count). The Morgan fingerprint density at radius 2 is 2.00 bits per heavy atom. The van der Waals surface area contributed by atoms with E-state index in [2.05, 4.69) is 0 Å². The van der Waals surface area contributed by atoms with Crippen LogP contribution in [0.3, 0.4) is 0 Å². The van der Waals surface area contributed by atoms with Crippen LogP contribution in [0.2, 0.25) is 5.02 Å². The summed E-state index contributed by atoms with van der Waals surface area (Å²) in [5.74, 6) is -0.223. The van der Waals surface area contributed by atoms with E-state index < -0.39 is 9.84 Å². The molecule has 0 spiro atoms. The van der Waals surface area contributed by atoms with Crippen LogP contribution in [-0.2, 0) is 9.84 Å². The summed E-state index contributed by atoms with van der Waals surface area (Å²) in [6.45, 7) is 0. The second kappa shape index (κ2) is 2.95. The summed E-state index contributed by atoms with van der Waals surface area (Å²) in [5, 5.41) is 9.21. The molecule has 0 unspecified atom stereocenters.